The van der Waals surface area contributed by atoms with Crippen molar-refractivity contribution >= 4 is 11.4 Å². The molecule has 0 bridgehead atoms. The third-order valence-corrected chi connectivity index (χ3v) is 3.17. The van der Waals surface area contributed by atoms with Crippen molar-refractivity contribution in [2.75, 3.05) is 19.6 Å². The van der Waals surface area contributed by atoms with Gasteiger partial charge in [-0.2, -0.15) is 5.10 Å². The number of hydrogen-bond acceptors (Lipinski definition) is 4. The molecule has 0 aliphatic heterocycles. The van der Waals surface area contributed by atoms with Gasteiger partial charge in [0.25, 0.3) is 0 Å². The number of hydrogen-bond donors (Lipinski definition) is 1. The highest BCUT2D eigenvalue weighted by atomic mass is 16.5. The molecule has 4 heteroatoms. The number of nitrogens with one attached hydrogen (secondary N) is 1. The third kappa shape index (κ3) is 3.75. The zero-order valence-corrected chi connectivity index (χ0v) is 12.8. The summed E-state index contributed by atoms with van der Waals surface area (Å²) in [6, 6.07) is 13.8. The predicted molar refractivity (Wildman–Crippen MR) is 86.6 cm³/mol. The molecule has 0 fully saturated rings. The Morgan fingerprint density at radius 2 is 1.86 bits per heavy atom. The first kappa shape index (κ1) is 14.9. The molecule has 2 aromatic rings. The second-order valence-corrected chi connectivity index (χ2v) is 4.74. The first-order valence-electron chi connectivity index (χ1n) is 6.73. The summed E-state index contributed by atoms with van der Waals surface area (Å²) in [4.78, 5) is 0. The summed E-state index contributed by atoms with van der Waals surface area (Å²) in [5.41, 5.74) is 6.99. The lowest BCUT2D eigenvalue weighted by Gasteiger charge is -2.10. The zero-order valence-electron chi connectivity index (χ0n) is 12.8. The Morgan fingerprint density at radius 1 is 1.05 bits per heavy atom. The second-order valence-electron chi connectivity index (χ2n) is 4.74. The Hall–Kier alpha value is -2.49. The molecule has 0 heterocycles. The van der Waals surface area contributed by atoms with Crippen LogP contribution in [-0.4, -0.2) is 19.9 Å². The van der Waals surface area contributed by atoms with Crippen molar-refractivity contribution in [1.82, 2.24) is 0 Å². The molecule has 1 N–H and O–H groups in total. The Kier molecular flexibility index (Phi) is 4.82. The lowest BCUT2D eigenvalue weighted by atomic mass is 10.1. The van der Waals surface area contributed by atoms with Crippen LogP contribution < -0.4 is 14.9 Å². The van der Waals surface area contributed by atoms with Gasteiger partial charge in [0, 0.05) is 11.6 Å². The zero-order chi connectivity index (χ0) is 15.2. The molecule has 0 aliphatic carbocycles. The topological polar surface area (TPSA) is 42.8 Å². The summed E-state index contributed by atoms with van der Waals surface area (Å²) < 4.78 is 10.6. The largest absolute Gasteiger partial charge is 0.497 e. The summed E-state index contributed by atoms with van der Waals surface area (Å²) in [5.74, 6) is 1.50. The monoisotopic (exact) mass is 284 g/mol. The van der Waals surface area contributed by atoms with Crippen LogP contribution >= 0.6 is 0 Å². The van der Waals surface area contributed by atoms with E-state index in [1.165, 1.54) is 5.56 Å². The van der Waals surface area contributed by atoms with Crippen LogP contribution in [0.5, 0.6) is 11.5 Å². The van der Waals surface area contributed by atoms with Gasteiger partial charge in [0.05, 0.1) is 25.6 Å². The fourth-order valence-electron chi connectivity index (χ4n) is 2.02. The molecule has 0 saturated carbocycles. The SMILES string of the molecule is COc1ccc(/C(C)=N\Nc2cccc(C)c2)c(OC)c1. The molecule has 2 aromatic carbocycles. The molecular formula is C17H20N2O2. The Labute approximate surface area is 125 Å². The van der Waals surface area contributed by atoms with Crippen molar-refractivity contribution < 1.29 is 9.47 Å². The van der Waals surface area contributed by atoms with E-state index in [4.69, 9.17) is 9.47 Å². The fourth-order valence-corrected chi connectivity index (χ4v) is 2.02. The van der Waals surface area contributed by atoms with E-state index in [9.17, 15) is 0 Å². The highest BCUT2D eigenvalue weighted by molar-refractivity contribution is 6.01. The quantitative estimate of drug-likeness (QED) is 0.670. The molecule has 21 heavy (non-hydrogen) atoms. The number of nitrogens with zero attached hydrogens (tertiary/aromatic N) is 1. The van der Waals surface area contributed by atoms with E-state index in [2.05, 4.69) is 10.5 Å². The van der Waals surface area contributed by atoms with E-state index in [1.54, 1.807) is 14.2 Å². The van der Waals surface area contributed by atoms with Crippen LogP contribution in [0.4, 0.5) is 5.69 Å². The average Bonchev–Trinajstić information content (AvgIpc) is 2.52. The standard InChI is InChI=1S/C17H20N2O2/c1-12-6-5-7-14(10-12)19-18-13(2)16-9-8-15(20-3)11-17(16)21-4/h5-11,19H,1-4H3/b18-13-. The van der Waals surface area contributed by atoms with Crippen LogP contribution in [0, 0.1) is 6.92 Å². The molecule has 0 aromatic heterocycles. The summed E-state index contributed by atoms with van der Waals surface area (Å²) >= 11 is 0. The Morgan fingerprint density at radius 3 is 2.52 bits per heavy atom. The molecule has 0 spiro atoms. The molecule has 0 radical (unpaired) electrons. The molecule has 0 unspecified atom stereocenters. The highest BCUT2D eigenvalue weighted by Crippen LogP contribution is 2.25. The Balaban J connectivity index is 2.22. The first-order valence-corrected chi connectivity index (χ1v) is 6.73. The normalized spacial score (nSPS) is 11.1. The van der Waals surface area contributed by atoms with Crippen LogP contribution in [0.1, 0.15) is 18.1 Å². The summed E-state index contributed by atoms with van der Waals surface area (Å²) in [6.07, 6.45) is 0. The van der Waals surface area contributed by atoms with Crippen molar-refractivity contribution in [3.63, 3.8) is 0 Å². The molecule has 0 saturated heterocycles. The maximum atomic E-state index is 5.39. The van der Waals surface area contributed by atoms with E-state index in [1.807, 2.05) is 56.3 Å². The van der Waals surface area contributed by atoms with Crippen LogP contribution in [-0.2, 0) is 0 Å². The minimum Gasteiger partial charge on any atom is -0.497 e. The number of benzene rings is 2. The Bertz CT molecular complexity index is 651. The molecule has 110 valence electrons. The minimum atomic E-state index is 0.738. The average molecular weight is 284 g/mol. The van der Waals surface area contributed by atoms with Gasteiger partial charge < -0.3 is 9.47 Å². The van der Waals surface area contributed by atoms with Gasteiger partial charge in [-0.1, -0.05) is 12.1 Å². The van der Waals surface area contributed by atoms with Gasteiger partial charge in [-0.25, -0.2) is 0 Å². The molecule has 0 atom stereocenters. The molecule has 2 rings (SSSR count). The van der Waals surface area contributed by atoms with Gasteiger partial charge in [-0.15, -0.1) is 0 Å². The maximum absolute atomic E-state index is 5.39. The smallest absolute Gasteiger partial charge is 0.131 e. The number of methoxy groups -OCH3 is 2. The van der Waals surface area contributed by atoms with Crippen LogP contribution in [0.25, 0.3) is 0 Å². The van der Waals surface area contributed by atoms with Crippen molar-refractivity contribution in [2.24, 2.45) is 5.10 Å². The van der Waals surface area contributed by atoms with Crippen LogP contribution in [0.3, 0.4) is 0 Å². The van der Waals surface area contributed by atoms with E-state index in [0.29, 0.717) is 0 Å². The van der Waals surface area contributed by atoms with Crippen molar-refractivity contribution in [2.45, 2.75) is 13.8 Å². The summed E-state index contributed by atoms with van der Waals surface area (Å²) in [7, 11) is 3.27. The number of hydrazone groups is 1. The molecular weight excluding hydrogens is 264 g/mol. The number of ether oxygens (including phenoxy) is 2. The van der Waals surface area contributed by atoms with Crippen molar-refractivity contribution in [3.05, 3.63) is 53.6 Å². The predicted octanol–water partition coefficient (Wildman–Crippen LogP) is 3.85. The first-order chi connectivity index (χ1) is 10.1. The summed E-state index contributed by atoms with van der Waals surface area (Å²) in [6.45, 7) is 3.99. The van der Waals surface area contributed by atoms with E-state index in [0.717, 1.165) is 28.5 Å². The van der Waals surface area contributed by atoms with Gasteiger partial charge in [0.2, 0.25) is 0 Å². The van der Waals surface area contributed by atoms with Gasteiger partial charge in [0.1, 0.15) is 11.5 Å². The number of rotatable bonds is 5. The minimum absolute atomic E-state index is 0.738. The molecule has 4 nitrogen and oxygen atoms in total. The molecule has 0 aliphatic rings. The third-order valence-electron chi connectivity index (χ3n) is 3.17. The number of anilines is 1. The second kappa shape index (κ2) is 6.79. The highest BCUT2D eigenvalue weighted by Gasteiger charge is 2.08. The lowest BCUT2D eigenvalue weighted by Crippen LogP contribution is -2.03. The van der Waals surface area contributed by atoms with E-state index < -0.39 is 0 Å². The maximum Gasteiger partial charge on any atom is 0.131 e. The van der Waals surface area contributed by atoms with Gasteiger partial charge in [0.15, 0.2) is 0 Å². The van der Waals surface area contributed by atoms with Crippen LogP contribution in [0.15, 0.2) is 47.6 Å². The van der Waals surface area contributed by atoms with Crippen molar-refractivity contribution in [3.8, 4) is 11.5 Å². The van der Waals surface area contributed by atoms with Crippen LogP contribution in [0.2, 0.25) is 0 Å². The lowest BCUT2D eigenvalue weighted by molar-refractivity contribution is 0.394. The number of aryl methyl sites for hydroxylation is 1. The van der Waals surface area contributed by atoms with Gasteiger partial charge in [-0.05, 0) is 43.7 Å². The van der Waals surface area contributed by atoms with Gasteiger partial charge >= 0.3 is 0 Å². The van der Waals surface area contributed by atoms with Gasteiger partial charge in [-0.3, -0.25) is 5.43 Å². The summed E-state index contributed by atoms with van der Waals surface area (Å²) in [5, 5.41) is 4.42. The van der Waals surface area contributed by atoms with E-state index >= 15 is 0 Å². The molecule has 0 amide bonds. The van der Waals surface area contributed by atoms with E-state index in [-0.39, 0.29) is 0 Å². The fraction of sp³-hybridized carbons (Fsp3) is 0.235. The van der Waals surface area contributed by atoms with Crippen molar-refractivity contribution in [1.29, 1.82) is 0 Å².